The zero-order valence-corrected chi connectivity index (χ0v) is 11.9. The van der Waals surface area contributed by atoms with Crippen LogP contribution in [0.2, 0.25) is 0 Å². The molecular formula is C14H20O4S. The summed E-state index contributed by atoms with van der Waals surface area (Å²) in [5.74, 6) is 0. The normalized spacial score (nSPS) is 24.9. The first-order chi connectivity index (χ1) is 8.99. The zero-order chi connectivity index (χ0) is 13.9. The van der Waals surface area contributed by atoms with Crippen LogP contribution in [0.4, 0.5) is 0 Å². The fourth-order valence-corrected chi connectivity index (χ4v) is 3.42. The molecule has 1 aliphatic rings. The van der Waals surface area contributed by atoms with Gasteiger partial charge in [0.1, 0.15) is 6.10 Å². The molecule has 19 heavy (non-hydrogen) atoms. The maximum absolute atomic E-state index is 12.1. The molecule has 1 N–H and O–H groups in total. The predicted octanol–water partition coefficient (Wildman–Crippen LogP) is 2.39. The molecule has 2 unspecified atom stereocenters. The largest absolute Gasteiger partial charge is 0.390 e. The van der Waals surface area contributed by atoms with Crippen molar-refractivity contribution in [3.63, 3.8) is 0 Å². The number of aliphatic hydroxyl groups is 1. The third-order valence-corrected chi connectivity index (χ3v) is 4.83. The van der Waals surface area contributed by atoms with Crippen molar-refractivity contribution in [2.45, 2.75) is 56.1 Å². The van der Waals surface area contributed by atoms with Gasteiger partial charge in [0.05, 0.1) is 11.0 Å². The highest BCUT2D eigenvalue weighted by Gasteiger charge is 2.28. The van der Waals surface area contributed by atoms with Crippen molar-refractivity contribution in [3.05, 3.63) is 29.8 Å². The quantitative estimate of drug-likeness (QED) is 0.684. The van der Waals surface area contributed by atoms with Gasteiger partial charge in [-0.15, -0.1) is 0 Å². The fraction of sp³-hybridized carbons (Fsp3) is 0.571. The van der Waals surface area contributed by atoms with Crippen LogP contribution in [0.25, 0.3) is 0 Å². The number of hydrogen-bond donors (Lipinski definition) is 1. The molecule has 1 aromatic rings. The standard InChI is InChI=1S/C14H20O4S/c1-11-7-9-12(10-8-11)19(16,17)18-14-6-4-2-3-5-13(14)15/h7-10,13-15H,2-6H2,1H3. The van der Waals surface area contributed by atoms with Crippen molar-refractivity contribution in [1.29, 1.82) is 0 Å². The van der Waals surface area contributed by atoms with E-state index in [0.717, 1.165) is 24.8 Å². The minimum absolute atomic E-state index is 0.148. The maximum Gasteiger partial charge on any atom is 0.297 e. The fourth-order valence-electron chi connectivity index (χ4n) is 2.29. The first-order valence-corrected chi connectivity index (χ1v) is 8.08. The van der Waals surface area contributed by atoms with Crippen LogP contribution in [0.1, 0.15) is 37.7 Å². The lowest BCUT2D eigenvalue weighted by Crippen LogP contribution is -2.30. The molecule has 2 atom stereocenters. The van der Waals surface area contributed by atoms with E-state index in [-0.39, 0.29) is 4.90 Å². The van der Waals surface area contributed by atoms with E-state index >= 15 is 0 Å². The van der Waals surface area contributed by atoms with Gasteiger partial charge >= 0.3 is 0 Å². The molecule has 0 aliphatic heterocycles. The van der Waals surface area contributed by atoms with Gasteiger partial charge in [-0.1, -0.05) is 37.0 Å². The minimum Gasteiger partial charge on any atom is -0.390 e. The maximum atomic E-state index is 12.1. The number of hydrogen-bond acceptors (Lipinski definition) is 4. The third-order valence-electron chi connectivity index (χ3n) is 3.48. The molecule has 1 fully saturated rings. The van der Waals surface area contributed by atoms with E-state index in [1.165, 1.54) is 12.1 Å². The van der Waals surface area contributed by atoms with Crippen LogP contribution in [0, 0.1) is 6.92 Å². The second-order valence-electron chi connectivity index (χ2n) is 5.11. The molecule has 0 heterocycles. The van der Waals surface area contributed by atoms with Crippen molar-refractivity contribution in [3.8, 4) is 0 Å². The Morgan fingerprint density at radius 2 is 1.74 bits per heavy atom. The minimum atomic E-state index is -3.79. The Kier molecular flexibility index (Phi) is 4.60. The molecule has 0 aromatic heterocycles. The molecule has 0 spiro atoms. The molecular weight excluding hydrogens is 264 g/mol. The van der Waals surface area contributed by atoms with Crippen LogP contribution >= 0.6 is 0 Å². The summed E-state index contributed by atoms with van der Waals surface area (Å²) in [7, 11) is -3.79. The van der Waals surface area contributed by atoms with Crippen molar-refractivity contribution >= 4 is 10.1 Å². The molecule has 0 saturated heterocycles. The van der Waals surface area contributed by atoms with E-state index in [0.29, 0.717) is 12.8 Å². The summed E-state index contributed by atoms with van der Waals surface area (Å²) in [6.45, 7) is 1.90. The molecule has 2 rings (SSSR count). The first kappa shape index (κ1) is 14.5. The molecule has 106 valence electrons. The van der Waals surface area contributed by atoms with E-state index in [9.17, 15) is 13.5 Å². The van der Waals surface area contributed by atoms with Crippen molar-refractivity contribution in [2.24, 2.45) is 0 Å². The summed E-state index contributed by atoms with van der Waals surface area (Å²) in [5, 5.41) is 9.91. The SMILES string of the molecule is Cc1ccc(S(=O)(=O)OC2CCCCCC2O)cc1. The van der Waals surface area contributed by atoms with Gasteiger partial charge in [-0.05, 0) is 31.9 Å². The van der Waals surface area contributed by atoms with Gasteiger partial charge in [0.25, 0.3) is 10.1 Å². The Labute approximate surface area is 114 Å². The van der Waals surface area contributed by atoms with Gasteiger partial charge in [0.15, 0.2) is 0 Å². The molecule has 5 heteroatoms. The zero-order valence-electron chi connectivity index (χ0n) is 11.1. The Bertz CT molecular complexity index is 507. The summed E-state index contributed by atoms with van der Waals surface area (Å²) in [6, 6.07) is 6.54. The first-order valence-electron chi connectivity index (χ1n) is 6.67. The summed E-state index contributed by atoms with van der Waals surface area (Å²) in [4.78, 5) is 0.148. The van der Waals surface area contributed by atoms with Crippen LogP contribution in [0.5, 0.6) is 0 Å². The van der Waals surface area contributed by atoms with E-state index < -0.39 is 22.3 Å². The van der Waals surface area contributed by atoms with Gasteiger partial charge in [-0.25, -0.2) is 0 Å². The summed E-state index contributed by atoms with van der Waals surface area (Å²) < 4.78 is 29.5. The number of aliphatic hydroxyl groups excluding tert-OH is 1. The third kappa shape index (κ3) is 3.78. The number of aryl methyl sites for hydroxylation is 1. The lowest BCUT2D eigenvalue weighted by Gasteiger charge is -2.20. The second kappa shape index (κ2) is 6.03. The highest BCUT2D eigenvalue weighted by Crippen LogP contribution is 2.24. The monoisotopic (exact) mass is 284 g/mol. The Balaban J connectivity index is 2.13. The Morgan fingerprint density at radius 3 is 2.42 bits per heavy atom. The predicted molar refractivity (Wildman–Crippen MR) is 72.3 cm³/mol. The molecule has 0 amide bonds. The Morgan fingerprint density at radius 1 is 1.11 bits per heavy atom. The molecule has 4 nitrogen and oxygen atoms in total. The molecule has 1 aromatic carbocycles. The van der Waals surface area contributed by atoms with Crippen LogP contribution < -0.4 is 0 Å². The summed E-state index contributed by atoms with van der Waals surface area (Å²) >= 11 is 0. The topological polar surface area (TPSA) is 63.6 Å². The molecule has 1 aliphatic carbocycles. The van der Waals surface area contributed by atoms with E-state index in [1.54, 1.807) is 12.1 Å². The van der Waals surface area contributed by atoms with Gasteiger partial charge < -0.3 is 5.11 Å². The molecule has 1 saturated carbocycles. The number of rotatable bonds is 3. The van der Waals surface area contributed by atoms with E-state index in [4.69, 9.17) is 4.18 Å². The molecule has 0 radical (unpaired) electrons. The summed E-state index contributed by atoms with van der Waals surface area (Å²) in [6.07, 6.45) is 2.72. The van der Waals surface area contributed by atoms with E-state index in [2.05, 4.69) is 0 Å². The average molecular weight is 284 g/mol. The second-order valence-corrected chi connectivity index (χ2v) is 6.68. The lowest BCUT2D eigenvalue weighted by molar-refractivity contribution is 0.0359. The highest BCUT2D eigenvalue weighted by molar-refractivity contribution is 7.86. The van der Waals surface area contributed by atoms with Gasteiger partial charge in [0, 0.05) is 0 Å². The van der Waals surface area contributed by atoms with E-state index in [1.807, 2.05) is 6.92 Å². The lowest BCUT2D eigenvalue weighted by atomic mass is 10.1. The van der Waals surface area contributed by atoms with Crippen LogP contribution in [-0.4, -0.2) is 25.7 Å². The number of benzene rings is 1. The van der Waals surface area contributed by atoms with Crippen LogP contribution in [-0.2, 0) is 14.3 Å². The van der Waals surface area contributed by atoms with Crippen molar-refractivity contribution in [2.75, 3.05) is 0 Å². The highest BCUT2D eigenvalue weighted by atomic mass is 32.2. The van der Waals surface area contributed by atoms with Crippen LogP contribution in [0.15, 0.2) is 29.2 Å². The molecule has 0 bridgehead atoms. The summed E-state index contributed by atoms with van der Waals surface area (Å²) in [5.41, 5.74) is 0.994. The van der Waals surface area contributed by atoms with Crippen LogP contribution in [0.3, 0.4) is 0 Å². The smallest absolute Gasteiger partial charge is 0.297 e. The van der Waals surface area contributed by atoms with Gasteiger partial charge in [0.2, 0.25) is 0 Å². The van der Waals surface area contributed by atoms with Gasteiger partial charge in [-0.2, -0.15) is 8.42 Å². The average Bonchev–Trinajstić information content (AvgIpc) is 2.55. The van der Waals surface area contributed by atoms with Crippen molar-refractivity contribution < 1.29 is 17.7 Å². The van der Waals surface area contributed by atoms with Crippen molar-refractivity contribution in [1.82, 2.24) is 0 Å². The van der Waals surface area contributed by atoms with Gasteiger partial charge in [-0.3, -0.25) is 4.18 Å². The Hall–Kier alpha value is -0.910.